The molecule has 17 heavy (non-hydrogen) atoms. The maximum atomic E-state index is 12.6. The van der Waals surface area contributed by atoms with Crippen molar-refractivity contribution in [3.05, 3.63) is 0 Å². The van der Waals surface area contributed by atoms with E-state index in [1.807, 2.05) is 16.7 Å². The molecule has 0 aliphatic carbocycles. The van der Waals surface area contributed by atoms with Crippen molar-refractivity contribution in [2.24, 2.45) is 11.1 Å². The number of amides is 1. The molecule has 0 atom stereocenters. The number of thiocarbonyl (C=S) groups is 1. The van der Waals surface area contributed by atoms with E-state index in [2.05, 4.69) is 0 Å². The largest absolute Gasteiger partial charge is 0.392 e. The molecular formula is C11H18N2O2S2. The van der Waals surface area contributed by atoms with Gasteiger partial charge in [0.25, 0.3) is 0 Å². The Morgan fingerprint density at radius 3 is 2.41 bits per heavy atom. The predicted molar refractivity (Wildman–Crippen MR) is 73.2 cm³/mol. The summed E-state index contributed by atoms with van der Waals surface area (Å²) in [5.41, 5.74) is 5.19. The molecule has 96 valence electrons. The molecule has 0 spiro atoms. The van der Waals surface area contributed by atoms with Gasteiger partial charge in [-0.15, -0.1) is 0 Å². The van der Waals surface area contributed by atoms with E-state index in [1.165, 1.54) is 0 Å². The SMILES string of the molecule is NC(=S)C1(C(=O)N2CCSCC2)CCOCC1. The van der Waals surface area contributed by atoms with Crippen LogP contribution in [0.2, 0.25) is 0 Å². The highest BCUT2D eigenvalue weighted by Gasteiger charge is 2.45. The predicted octanol–water partition coefficient (Wildman–Crippen LogP) is 0.645. The molecule has 6 heteroatoms. The number of rotatable bonds is 2. The molecule has 2 heterocycles. The number of nitrogens with two attached hydrogens (primary N) is 1. The second kappa shape index (κ2) is 5.54. The summed E-state index contributed by atoms with van der Waals surface area (Å²) in [6.07, 6.45) is 1.26. The van der Waals surface area contributed by atoms with Gasteiger partial charge in [0.1, 0.15) is 5.41 Å². The van der Waals surface area contributed by atoms with Gasteiger partial charge in [0.2, 0.25) is 5.91 Å². The lowest BCUT2D eigenvalue weighted by Crippen LogP contribution is -2.54. The number of carbonyl (C=O) groups is 1. The highest BCUT2D eigenvalue weighted by atomic mass is 32.2. The first kappa shape index (κ1) is 13.1. The average Bonchev–Trinajstić information content (AvgIpc) is 2.39. The number of hydrogen-bond donors (Lipinski definition) is 1. The van der Waals surface area contributed by atoms with Crippen LogP contribution >= 0.6 is 24.0 Å². The molecule has 1 amide bonds. The number of ether oxygens (including phenoxy) is 1. The van der Waals surface area contributed by atoms with Crippen LogP contribution in [0, 0.1) is 5.41 Å². The fraction of sp³-hybridized carbons (Fsp3) is 0.818. The molecule has 0 unspecified atom stereocenters. The Labute approximate surface area is 111 Å². The minimum Gasteiger partial charge on any atom is -0.392 e. The summed E-state index contributed by atoms with van der Waals surface area (Å²) in [4.78, 5) is 14.9. The minimum atomic E-state index is -0.643. The Kier molecular flexibility index (Phi) is 4.27. The lowest BCUT2D eigenvalue weighted by atomic mass is 9.78. The topological polar surface area (TPSA) is 55.6 Å². The van der Waals surface area contributed by atoms with Gasteiger partial charge >= 0.3 is 0 Å². The third-order valence-electron chi connectivity index (χ3n) is 3.53. The van der Waals surface area contributed by atoms with Crippen LogP contribution in [0.5, 0.6) is 0 Å². The zero-order valence-electron chi connectivity index (χ0n) is 9.81. The number of hydrogen-bond acceptors (Lipinski definition) is 4. The highest BCUT2D eigenvalue weighted by molar-refractivity contribution is 7.99. The van der Waals surface area contributed by atoms with E-state index in [-0.39, 0.29) is 5.91 Å². The summed E-state index contributed by atoms with van der Waals surface area (Å²) in [7, 11) is 0. The van der Waals surface area contributed by atoms with Crippen molar-refractivity contribution in [1.82, 2.24) is 4.90 Å². The zero-order valence-corrected chi connectivity index (χ0v) is 11.4. The molecule has 0 bridgehead atoms. The fourth-order valence-corrected chi connectivity index (χ4v) is 3.55. The zero-order chi connectivity index (χ0) is 12.3. The van der Waals surface area contributed by atoms with Crippen molar-refractivity contribution in [3.8, 4) is 0 Å². The van der Waals surface area contributed by atoms with Gasteiger partial charge in [0.05, 0.1) is 4.99 Å². The molecule has 2 aliphatic rings. The lowest BCUT2D eigenvalue weighted by molar-refractivity contribution is -0.142. The van der Waals surface area contributed by atoms with Crippen LogP contribution < -0.4 is 5.73 Å². The fourth-order valence-electron chi connectivity index (χ4n) is 2.35. The van der Waals surface area contributed by atoms with Crippen LogP contribution in [0.4, 0.5) is 0 Å². The van der Waals surface area contributed by atoms with Crippen LogP contribution in [0.15, 0.2) is 0 Å². The molecule has 4 nitrogen and oxygen atoms in total. The van der Waals surface area contributed by atoms with E-state index in [1.54, 1.807) is 0 Å². The smallest absolute Gasteiger partial charge is 0.235 e. The Morgan fingerprint density at radius 2 is 1.88 bits per heavy atom. The molecule has 2 aliphatic heterocycles. The molecule has 0 aromatic rings. The van der Waals surface area contributed by atoms with Crippen LogP contribution in [0.25, 0.3) is 0 Å². The Balaban J connectivity index is 2.14. The summed E-state index contributed by atoms with van der Waals surface area (Å²) in [5.74, 6) is 2.14. The molecule has 0 aromatic carbocycles. The van der Waals surface area contributed by atoms with Crippen LogP contribution in [0.3, 0.4) is 0 Å². The summed E-state index contributed by atoms with van der Waals surface area (Å²) in [5, 5.41) is 0. The molecule has 2 rings (SSSR count). The lowest BCUT2D eigenvalue weighted by Gasteiger charge is -2.40. The van der Waals surface area contributed by atoms with Crippen molar-refractivity contribution < 1.29 is 9.53 Å². The van der Waals surface area contributed by atoms with E-state index in [0.717, 1.165) is 24.6 Å². The summed E-state index contributed by atoms with van der Waals surface area (Å²) in [6, 6.07) is 0. The van der Waals surface area contributed by atoms with Gasteiger partial charge in [-0.2, -0.15) is 11.8 Å². The third kappa shape index (κ3) is 2.58. The highest BCUT2D eigenvalue weighted by Crippen LogP contribution is 2.34. The van der Waals surface area contributed by atoms with E-state index in [0.29, 0.717) is 31.0 Å². The first-order valence-electron chi connectivity index (χ1n) is 5.91. The summed E-state index contributed by atoms with van der Waals surface area (Å²) in [6.45, 7) is 2.78. The first-order valence-corrected chi connectivity index (χ1v) is 7.48. The van der Waals surface area contributed by atoms with E-state index in [4.69, 9.17) is 22.7 Å². The summed E-state index contributed by atoms with van der Waals surface area (Å²) < 4.78 is 5.32. The molecule has 2 fully saturated rings. The second-order valence-corrected chi connectivity index (χ2v) is 6.13. The van der Waals surface area contributed by atoms with Crippen LogP contribution in [-0.2, 0) is 9.53 Å². The molecule has 2 N–H and O–H groups in total. The Hall–Kier alpha value is -0.330. The monoisotopic (exact) mass is 274 g/mol. The van der Waals surface area contributed by atoms with Gasteiger partial charge in [-0.25, -0.2) is 0 Å². The Bertz CT molecular complexity index is 311. The van der Waals surface area contributed by atoms with Gasteiger partial charge in [-0.05, 0) is 12.8 Å². The van der Waals surface area contributed by atoms with Gasteiger partial charge < -0.3 is 15.4 Å². The van der Waals surface area contributed by atoms with Gasteiger partial charge in [0.15, 0.2) is 0 Å². The van der Waals surface area contributed by atoms with Crippen molar-refractivity contribution in [3.63, 3.8) is 0 Å². The quantitative estimate of drug-likeness (QED) is 0.749. The first-order chi connectivity index (χ1) is 8.17. The number of carbonyl (C=O) groups excluding carboxylic acids is 1. The molecule has 0 saturated carbocycles. The van der Waals surface area contributed by atoms with Gasteiger partial charge in [0, 0.05) is 37.8 Å². The van der Waals surface area contributed by atoms with E-state index >= 15 is 0 Å². The van der Waals surface area contributed by atoms with Crippen molar-refractivity contribution in [2.75, 3.05) is 37.8 Å². The maximum Gasteiger partial charge on any atom is 0.235 e. The number of thioether (sulfide) groups is 1. The molecule has 0 radical (unpaired) electrons. The van der Waals surface area contributed by atoms with Crippen molar-refractivity contribution >= 4 is 34.9 Å². The number of nitrogens with zero attached hydrogens (tertiary/aromatic N) is 1. The van der Waals surface area contributed by atoms with Crippen molar-refractivity contribution in [1.29, 1.82) is 0 Å². The molecule has 0 aromatic heterocycles. The maximum absolute atomic E-state index is 12.6. The minimum absolute atomic E-state index is 0.119. The average molecular weight is 274 g/mol. The standard InChI is InChI=1S/C11H18N2O2S2/c12-9(16)11(1-5-15-6-2-11)10(14)13-3-7-17-8-4-13/h1-8H2,(H2,12,16). The van der Waals surface area contributed by atoms with Crippen molar-refractivity contribution in [2.45, 2.75) is 12.8 Å². The Morgan fingerprint density at radius 1 is 1.29 bits per heavy atom. The van der Waals surface area contributed by atoms with E-state index in [9.17, 15) is 4.79 Å². The van der Waals surface area contributed by atoms with Gasteiger partial charge in [-0.3, -0.25) is 4.79 Å². The third-order valence-corrected chi connectivity index (χ3v) is 4.86. The second-order valence-electron chi connectivity index (χ2n) is 4.46. The molecular weight excluding hydrogens is 256 g/mol. The van der Waals surface area contributed by atoms with Crippen LogP contribution in [-0.4, -0.2) is 53.6 Å². The van der Waals surface area contributed by atoms with Gasteiger partial charge in [-0.1, -0.05) is 12.2 Å². The van der Waals surface area contributed by atoms with Crippen LogP contribution in [0.1, 0.15) is 12.8 Å². The summed E-state index contributed by atoms with van der Waals surface area (Å²) >= 11 is 7.03. The normalized spacial score (nSPS) is 24.4. The molecule has 2 saturated heterocycles. The van der Waals surface area contributed by atoms with E-state index < -0.39 is 5.41 Å².